The number of piperidine rings is 1. The van der Waals surface area contributed by atoms with Gasteiger partial charge in [0.2, 0.25) is 0 Å². The Labute approximate surface area is 156 Å². The summed E-state index contributed by atoms with van der Waals surface area (Å²) >= 11 is 7.74. The van der Waals surface area contributed by atoms with Crippen molar-refractivity contribution in [3.8, 4) is 0 Å². The van der Waals surface area contributed by atoms with Gasteiger partial charge in [0.15, 0.2) is 0 Å². The number of halogens is 1. The highest BCUT2D eigenvalue weighted by Gasteiger charge is 2.45. The van der Waals surface area contributed by atoms with Crippen molar-refractivity contribution in [3.63, 3.8) is 0 Å². The van der Waals surface area contributed by atoms with Gasteiger partial charge in [-0.3, -0.25) is 9.89 Å². The molecule has 1 aromatic carbocycles. The Morgan fingerprint density at radius 2 is 2.20 bits per heavy atom. The van der Waals surface area contributed by atoms with E-state index in [1.54, 1.807) is 11.9 Å². The predicted octanol–water partition coefficient (Wildman–Crippen LogP) is 4.01. The number of esters is 1. The Kier molecular flexibility index (Phi) is 4.75. The molecule has 0 amide bonds. The Bertz CT molecular complexity index is 764. The SMILES string of the molecule is CCOC(=O)C1CC2Cc3[nH]ncc3C(C1)N2Sc1ccc(Cl)cc1. The lowest BCUT2D eigenvalue weighted by atomic mass is 9.79. The first-order chi connectivity index (χ1) is 12.2. The third kappa shape index (κ3) is 3.30. The number of carbonyl (C=O) groups is 1. The lowest BCUT2D eigenvalue weighted by Crippen LogP contribution is -2.47. The molecule has 0 aliphatic carbocycles. The van der Waals surface area contributed by atoms with Gasteiger partial charge in [0.1, 0.15) is 0 Å². The molecule has 25 heavy (non-hydrogen) atoms. The van der Waals surface area contributed by atoms with Crippen molar-refractivity contribution in [3.05, 3.63) is 46.7 Å². The van der Waals surface area contributed by atoms with Crippen molar-refractivity contribution in [1.82, 2.24) is 14.5 Å². The van der Waals surface area contributed by atoms with Gasteiger partial charge in [-0.25, -0.2) is 4.31 Å². The van der Waals surface area contributed by atoms with Gasteiger partial charge in [-0.1, -0.05) is 11.6 Å². The fourth-order valence-corrected chi connectivity index (χ4v) is 5.07. The van der Waals surface area contributed by atoms with Gasteiger partial charge in [0, 0.05) is 33.6 Å². The zero-order valence-electron chi connectivity index (χ0n) is 13.9. The molecule has 1 N–H and O–H groups in total. The first-order valence-electron chi connectivity index (χ1n) is 8.56. The second kappa shape index (κ2) is 7.02. The zero-order valence-corrected chi connectivity index (χ0v) is 15.5. The van der Waals surface area contributed by atoms with E-state index in [2.05, 4.69) is 14.5 Å². The Morgan fingerprint density at radius 3 is 2.96 bits per heavy atom. The van der Waals surface area contributed by atoms with E-state index in [-0.39, 0.29) is 24.0 Å². The largest absolute Gasteiger partial charge is 0.466 e. The molecule has 3 atom stereocenters. The number of hydrogen-bond acceptors (Lipinski definition) is 5. The van der Waals surface area contributed by atoms with Crippen molar-refractivity contribution >= 4 is 29.5 Å². The van der Waals surface area contributed by atoms with Gasteiger partial charge in [0.05, 0.1) is 24.8 Å². The van der Waals surface area contributed by atoms with Gasteiger partial charge in [0.25, 0.3) is 0 Å². The van der Waals surface area contributed by atoms with E-state index < -0.39 is 0 Å². The summed E-state index contributed by atoms with van der Waals surface area (Å²) in [6.45, 7) is 2.29. The molecule has 0 saturated carbocycles. The number of hydrogen-bond donors (Lipinski definition) is 1. The third-order valence-corrected chi connectivity index (χ3v) is 6.42. The van der Waals surface area contributed by atoms with Crippen molar-refractivity contribution < 1.29 is 9.53 Å². The lowest BCUT2D eigenvalue weighted by Gasteiger charge is -2.46. The average molecular weight is 378 g/mol. The van der Waals surface area contributed by atoms with Crippen LogP contribution >= 0.6 is 23.5 Å². The van der Waals surface area contributed by atoms with Gasteiger partial charge in [-0.05, 0) is 56.0 Å². The summed E-state index contributed by atoms with van der Waals surface area (Å²) < 4.78 is 7.71. The van der Waals surface area contributed by atoms with Crippen LogP contribution in [-0.2, 0) is 16.0 Å². The summed E-state index contributed by atoms with van der Waals surface area (Å²) in [6.07, 6.45) is 4.36. The smallest absolute Gasteiger partial charge is 0.309 e. The molecule has 7 heteroatoms. The summed E-state index contributed by atoms with van der Waals surface area (Å²) in [5.74, 6) is -0.111. The fourth-order valence-electron chi connectivity index (χ4n) is 3.81. The van der Waals surface area contributed by atoms with Crippen LogP contribution in [0.3, 0.4) is 0 Å². The maximum absolute atomic E-state index is 12.3. The minimum absolute atomic E-state index is 0.0416. The van der Waals surface area contributed by atoms with Gasteiger partial charge in [-0.2, -0.15) is 5.10 Å². The van der Waals surface area contributed by atoms with Crippen LogP contribution in [0.1, 0.15) is 37.1 Å². The predicted molar refractivity (Wildman–Crippen MR) is 97.3 cm³/mol. The number of benzene rings is 1. The molecule has 3 heterocycles. The van der Waals surface area contributed by atoms with Crippen molar-refractivity contribution in [2.45, 2.75) is 43.2 Å². The molecule has 2 aliphatic heterocycles. The highest BCUT2D eigenvalue weighted by molar-refractivity contribution is 7.97. The Hall–Kier alpha value is -1.50. The number of aromatic nitrogens is 2. The molecule has 1 saturated heterocycles. The monoisotopic (exact) mass is 377 g/mol. The van der Waals surface area contributed by atoms with Crippen LogP contribution in [0.15, 0.2) is 35.4 Å². The Morgan fingerprint density at radius 1 is 1.40 bits per heavy atom. The van der Waals surface area contributed by atoms with E-state index in [9.17, 15) is 4.79 Å². The van der Waals surface area contributed by atoms with E-state index in [0.29, 0.717) is 6.61 Å². The maximum atomic E-state index is 12.3. The average Bonchev–Trinajstić information content (AvgIpc) is 3.05. The van der Waals surface area contributed by atoms with Gasteiger partial charge in [-0.15, -0.1) is 0 Å². The number of fused-ring (bicyclic) bond motifs is 4. The molecule has 3 unspecified atom stereocenters. The molecule has 2 aromatic rings. The van der Waals surface area contributed by atoms with Crippen LogP contribution in [0.2, 0.25) is 5.02 Å². The van der Waals surface area contributed by atoms with E-state index in [0.717, 1.165) is 29.2 Å². The lowest BCUT2D eigenvalue weighted by molar-refractivity contribution is -0.150. The van der Waals surface area contributed by atoms with Gasteiger partial charge >= 0.3 is 5.97 Å². The normalized spacial score (nSPS) is 25.4. The van der Waals surface area contributed by atoms with Gasteiger partial charge < -0.3 is 4.74 Å². The summed E-state index contributed by atoms with van der Waals surface area (Å²) in [6, 6.07) is 8.34. The summed E-state index contributed by atoms with van der Waals surface area (Å²) in [4.78, 5) is 13.4. The standard InChI is InChI=1S/C18H20ClN3O2S/c1-2-24-18(23)11-7-13-9-16-15(10-20-21-16)17(8-11)22(13)25-14-5-3-12(19)4-6-14/h3-6,10-11,13,17H,2,7-9H2,1H3,(H,20,21). The van der Waals surface area contributed by atoms with E-state index in [1.165, 1.54) is 11.3 Å². The second-order valence-electron chi connectivity index (χ2n) is 6.50. The third-order valence-electron chi connectivity index (χ3n) is 4.93. The van der Waals surface area contributed by atoms with Crippen molar-refractivity contribution in [1.29, 1.82) is 0 Å². The van der Waals surface area contributed by atoms with E-state index in [1.807, 2.05) is 37.4 Å². The minimum atomic E-state index is -0.0689. The topological polar surface area (TPSA) is 58.2 Å². The molecule has 1 aromatic heterocycles. The fraction of sp³-hybridized carbons (Fsp3) is 0.444. The van der Waals surface area contributed by atoms with Crippen LogP contribution in [0.5, 0.6) is 0 Å². The number of aromatic amines is 1. The minimum Gasteiger partial charge on any atom is -0.466 e. The molecule has 5 nitrogen and oxygen atoms in total. The maximum Gasteiger partial charge on any atom is 0.309 e. The number of rotatable bonds is 4. The molecule has 0 spiro atoms. The number of H-pyrrole nitrogens is 1. The summed E-state index contributed by atoms with van der Waals surface area (Å²) in [5.41, 5.74) is 2.40. The molecular weight excluding hydrogens is 358 g/mol. The number of nitrogens with one attached hydrogen (secondary N) is 1. The first-order valence-corrected chi connectivity index (χ1v) is 9.71. The van der Waals surface area contributed by atoms with Crippen LogP contribution < -0.4 is 0 Å². The van der Waals surface area contributed by atoms with Crippen LogP contribution in [0.25, 0.3) is 0 Å². The highest BCUT2D eigenvalue weighted by Crippen LogP contribution is 2.48. The van der Waals surface area contributed by atoms with Crippen LogP contribution in [0, 0.1) is 5.92 Å². The number of carbonyl (C=O) groups excluding carboxylic acids is 1. The molecule has 2 bridgehead atoms. The van der Waals surface area contributed by atoms with Crippen molar-refractivity contribution in [2.75, 3.05) is 6.61 Å². The highest BCUT2D eigenvalue weighted by atomic mass is 35.5. The molecule has 4 rings (SSSR count). The van der Waals surface area contributed by atoms with Crippen LogP contribution in [0.4, 0.5) is 0 Å². The molecule has 132 valence electrons. The molecule has 0 radical (unpaired) electrons. The number of nitrogens with zero attached hydrogens (tertiary/aromatic N) is 2. The molecule has 1 fully saturated rings. The molecular formula is C18H20ClN3O2S. The Balaban J connectivity index is 1.60. The molecule has 2 aliphatic rings. The van der Waals surface area contributed by atoms with Crippen molar-refractivity contribution in [2.24, 2.45) is 5.92 Å². The first kappa shape index (κ1) is 16.9. The van der Waals surface area contributed by atoms with Crippen LogP contribution in [-0.4, -0.2) is 33.1 Å². The number of ether oxygens (including phenoxy) is 1. The second-order valence-corrected chi connectivity index (χ2v) is 8.02. The zero-order chi connectivity index (χ0) is 17.4. The van der Waals surface area contributed by atoms with E-state index in [4.69, 9.17) is 16.3 Å². The quantitative estimate of drug-likeness (QED) is 0.644. The van der Waals surface area contributed by atoms with E-state index >= 15 is 0 Å². The summed E-state index contributed by atoms with van der Waals surface area (Å²) in [7, 11) is 0. The summed E-state index contributed by atoms with van der Waals surface area (Å²) in [5, 5.41) is 8.10.